The number of hydrogen-bond donors (Lipinski definition) is 1. The number of nitro benzene ring substituents is 1. The topological polar surface area (TPSA) is 124 Å². The van der Waals surface area contributed by atoms with Gasteiger partial charge in [-0.2, -0.15) is 8.42 Å². The average molecular weight is 365 g/mol. The fourth-order valence-electron chi connectivity index (χ4n) is 2.18. The van der Waals surface area contributed by atoms with Gasteiger partial charge < -0.3 is 5.11 Å². The molecule has 0 unspecified atom stereocenters. The van der Waals surface area contributed by atoms with Crippen LogP contribution in [0.25, 0.3) is 0 Å². The van der Waals surface area contributed by atoms with E-state index in [9.17, 15) is 28.4 Å². The number of para-hydroxylation sites is 1. The van der Waals surface area contributed by atoms with Gasteiger partial charge >= 0.3 is 16.1 Å². The molecule has 9 heteroatoms. The van der Waals surface area contributed by atoms with Crippen LogP contribution >= 0.6 is 0 Å². The normalized spacial score (nSPS) is 12.5. The van der Waals surface area contributed by atoms with E-state index in [0.29, 0.717) is 0 Å². The molecule has 0 heterocycles. The molecule has 0 aliphatic rings. The quantitative estimate of drug-likeness (QED) is 0.432. The zero-order valence-electron chi connectivity index (χ0n) is 12.9. The molecule has 0 aliphatic heterocycles. The average Bonchev–Trinajstić information content (AvgIpc) is 2.59. The van der Waals surface area contributed by atoms with Gasteiger partial charge in [-0.05, 0) is 24.5 Å². The van der Waals surface area contributed by atoms with Gasteiger partial charge in [0, 0.05) is 6.07 Å². The highest BCUT2D eigenvalue weighted by molar-refractivity contribution is 7.87. The number of carbonyl (C=O) groups is 1. The highest BCUT2D eigenvalue weighted by Crippen LogP contribution is 2.26. The Labute approximate surface area is 144 Å². The predicted octanol–water partition coefficient (Wildman–Crippen LogP) is 2.39. The molecule has 0 saturated heterocycles. The molecule has 0 saturated carbocycles. The van der Waals surface area contributed by atoms with Crippen LogP contribution in [0.2, 0.25) is 0 Å². The van der Waals surface area contributed by atoms with Crippen molar-refractivity contribution in [1.82, 2.24) is 0 Å². The summed E-state index contributed by atoms with van der Waals surface area (Å²) in [7, 11) is -4.61. The number of nitrogens with zero attached hydrogens (tertiary/aromatic N) is 1. The molecular formula is C16H15NO7S. The van der Waals surface area contributed by atoms with Gasteiger partial charge in [0.25, 0.3) is 5.69 Å². The molecule has 0 aromatic heterocycles. The van der Waals surface area contributed by atoms with Gasteiger partial charge in [0.2, 0.25) is 0 Å². The molecule has 1 atom stereocenters. The summed E-state index contributed by atoms with van der Waals surface area (Å²) in [6, 6.07) is 13.5. The van der Waals surface area contributed by atoms with Gasteiger partial charge in [-0.1, -0.05) is 42.5 Å². The number of carboxylic acid groups (broad SMARTS) is 1. The van der Waals surface area contributed by atoms with E-state index in [2.05, 4.69) is 0 Å². The minimum Gasteiger partial charge on any atom is -0.479 e. The minimum atomic E-state index is -4.61. The first-order chi connectivity index (χ1) is 11.8. The molecule has 25 heavy (non-hydrogen) atoms. The predicted molar refractivity (Wildman–Crippen MR) is 87.6 cm³/mol. The zero-order valence-corrected chi connectivity index (χ0v) is 13.8. The van der Waals surface area contributed by atoms with Crippen LogP contribution in [0.3, 0.4) is 0 Å². The lowest BCUT2D eigenvalue weighted by molar-refractivity contribution is -0.387. The van der Waals surface area contributed by atoms with Crippen LogP contribution in [0.15, 0.2) is 59.5 Å². The van der Waals surface area contributed by atoms with Gasteiger partial charge in [0.1, 0.15) is 0 Å². The van der Waals surface area contributed by atoms with E-state index >= 15 is 0 Å². The molecule has 2 rings (SSSR count). The summed E-state index contributed by atoms with van der Waals surface area (Å²) in [4.78, 5) is 20.8. The zero-order chi connectivity index (χ0) is 18.4. The fraction of sp³-hybridized carbons (Fsp3) is 0.188. The van der Waals surface area contributed by atoms with Crippen LogP contribution in [-0.2, 0) is 25.5 Å². The summed E-state index contributed by atoms with van der Waals surface area (Å²) in [5.41, 5.74) is 0.148. The molecule has 0 fully saturated rings. The molecule has 0 amide bonds. The molecule has 0 bridgehead atoms. The van der Waals surface area contributed by atoms with Crippen molar-refractivity contribution in [2.75, 3.05) is 0 Å². The van der Waals surface area contributed by atoms with Gasteiger partial charge in [0.05, 0.1) is 4.92 Å². The number of carboxylic acids is 1. The summed E-state index contributed by atoms with van der Waals surface area (Å²) in [5.74, 6) is -1.46. The van der Waals surface area contributed by atoms with E-state index in [0.717, 1.165) is 17.7 Å². The van der Waals surface area contributed by atoms with Crippen molar-refractivity contribution in [3.8, 4) is 0 Å². The summed E-state index contributed by atoms with van der Waals surface area (Å²) >= 11 is 0. The number of hydrogen-bond acceptors (Lipinski definition) is 6. The molecule has 2 aromatic rings. The van der Waals surface area contributed by atoms with Crippen LogP contribution in [0.4, 0.5) is 5.69 Å². The minimum absolute atomic E-state index is 0.0980. The van der Waals surface area contributed by atoms with E-state index in [1.807, 2.05) is 0 Å². The summed E-state index contributed by atoms with van der Waals surface area (Å²) in [6.07, 6.45) is -1.46. The Bertz CT molecular complexity index is 865. The maximum atomic E-state index is 12.3. The molecule has 0 radical (unpaired) electrons. The van der Waals surface area contributed by atoms with Crippen molar-refractivity contribution in [3.05, 3.63) is 70.3 Å². The van der Waals surface area contributed by atoms with E-state index in [1.165, 1.54) is 12.1 Å². The second-order valence-corrected chi connectivity index (χ2v) is 6.67. The van der Waals surface area contributed by atoms with E-state index in [1.54, 1.807) is 30.3 Å². The number of nitro groups is 1. The SMILES string of the molecule is O=C(O)[C@@H](CCc1ccccc1)OS(=O)(=O)c1ccccc1[N+](=O)[O-]. The highest BCUT2D eigenvalue weighted by Gasteiger charge is 2.32. The van der Waals surface area contributed by atoms with E-state index in [4.69, 9.17) is 4.18 Å². The summed E-state index contributed by atoms with van der Waals surface area (Å²) in [6.45, 7) is 0. The van der Waals surface area contributed by atoms with E-state index in [-0.39, 0.29) is 12.8 Å². The summed E-state index contributed by atoms with van der Waals surface area (Å²) in [5, 5.41) is 20.2. The Morgan fingerprint density at radius 1 is 1.12 bits per heavy atom. The third-order valence-corrected chi connectivity index (χ3v) is 4.76. The third-order valence-electron chi connectivity index (χ3n) is 3.39. The van der Waals surface area contributed by atoms with Gasteiger partial charge in [-0.15, -0.1) is 0 Å². The van der Waals surface area contributed by atoms with Gasteiger partial charge in [-0.25, -0.2) is 4.79 Å². The number of aliphatic carboxylic acids is 1. The van der Waals surface area contributed by atoms with Crippen molar-refractivity contribution in [1.29, 1.82) is 0 Å². The lowest BCUT2D eigenvalue weighted by Crippen LogP contribution is -2.28. The Morgan fingerprint density at radius 3 is 2.32 bits per heavy atom. The lowest BCUT2D eigenvalue weighted by Gasteiger charge is -2.13. The van der Waals surface area contributed by atoms with Crippen LogP contribution < -0.4 is 0 Å². The standard InChI is InChI=1S/C16H15NO7S/c18-16(19)14(11-10-12-6-2-1-3-7-12)24-25(22,23)15-9-5-4-8-13(15)17(20)21/h1-9,14H,10-11H2,(H,18,19)/t14-/m1/s1. The van der Waals surface area contributed by atoms with Crippen LogP contribution in [0.1, 0.15) is 12.0 Å². The van der Waals surface area contributed by atoms with Crippen molar-refractivity contribution in [2.24, 2.45) is 0 Å². The fourth-order valence-corrected chi connectivity index (χ4v) is 3.41. The molecule has 132 valence electrons. The maximum absolute atomic E-state index is 12.3. The largest absolute Gasteiger partial charge is 0.479 e. The molecule has 8 nitrogen and oxygen atoms in total. The van der Waals surface area contributed by atoms with Gasteiger partial charge in [-0.3, -0.25) is 14.3 Å². The van der Waals surface area contributed by atoms with Crippen LogP contribution in [-0.4, -0.2) is 30.5 Å². The Kier molecular flexibility index (Phi) is 5.84. The Morgan fingerprint density at radius 2 is 1.72 bits per heavy atom. The Balaban J connectivity index is 2.21. The van der Waals surface area contributed by atoms with Crippen molar-refractivity contribution >= 4 is 21.8 Å². The molecule has 1 N–H and O–H groups in total. The maximum Gasteiger partial charge on any atom is 0.334 e. The van der Waals surface area contributed by atoms with Crippen molar-refractivity contribution in [3.63, 3.8) is 0 Å². The lowest BCUT2D eigenvalue weighted by atomic mass is 10.1. The number of benzene rings is 2. The summed E-state index contributed by atoms with van der Waals surface area (Å²) < 4.78 is 29.4. The van der Waals surface area contributed by atoms with Crippen molar-refractivity contribution < 1.29 is 27.4 Å². The highest BCUT2D eigenvalue weighted by atomic mass is 32.2. The monoisotopic (exact) mass is 365 g/mol. The smallest absolute Gasteiger partial charge is 0.334 e. The molecule has 2 aromatic carbocycles. The third kappa shape index (κ3) is 4.85. The molecular weight excluding hydrogens is 350 g/mol. The second-order valence-electron chi connectivity index (χ2n) is 5.13. The first-order valence-corrected chi connectivity index (χ1v) is 8.65. The van der Waals surface area contributed by atoms with Crippen LogP contribution in [0, 0.1) is 10.1 Å². The molecule has 0 spiro atoms. The van der Waals surface area contributed by atoms with E-state index < -0.39 is 37.7 Å². The first kappa shape index (κ1) is 18.6. The number of aryl methyl sites for hydroxylation is 1. The molecule has 0 aliphatic carbocycles. The van der Waals surface area contributed by atoms with Gasteiger partial charge in [0.15, 0.2) is 11.0 Å². The van der Waals surface area contributed by atoms with Crippen LogP contribution in [0.5, 0.6) is 0 Å². The Hall–Kier alpha value is -2.78. The number of rotatable bonds is 8. The first-order valence-electron chi connectivity index (χ1n) is 7.24. The second kappa shape index (κ2) is 7.86. The van der Waals surface area contributed by atoms with Crippen molar-refractivity contribution in [2.45, 2.75) is 23.8 Å².